The summed E-state index contributed by atoms with van der Waals surface area (Å²) in [5.74, 6) is -0.320. The second kappa shape index (κ2) is 8.39. The van der Waals surface area contributed by atoms with Gasteiger partial charge in [0.2, 0.25) is 5.91 Å². The quantitative estimate of drug-likeness (QED) is 0.702. The van der Waals surface area contributed by atoms with Crippen LogP contribution in [-0.2, 0) is 9.59 Å². The summed E-state index contributed by atoms with van der Waals surface area (Å²) in [5.41, 5.74) is 0.857. The van der Waals surface area contributed by atoms with Crippen molar-refractivity contribution >= 4 is 29.2 Å². The first-order chi connectivity index (χ1) is 15.1. The largest absolute Gasteiger partial charge is 0.369 e. The van der Waals surface area contributed by atoms with Crippen molar-refractivity contribution in [2.24, 2.45) is 11.3 Å². The maximum atomic E-state index is 13.2. The molecule has 2 aliphatic heterocycles. The van der Waals surface area contributed by atoms with Gasteiger partial charge in [-0.05, 0) is 61.9 Å². The zero-order chi connectivity index (χ0) is 23.1. The zero-order valence-corrected chi connectivity index (χ0v) is 19.6. The first kappa shape index (κ1) is 22.6. The molecule has 3 fully saturated rings. The molecule has 32 heavy (non-hydrogen) atoms. The van der Waals surface area contributed by atoms with Crippen LogP contribution in [0.1, 0.15) is 40.0 Å². The Hall–Kier alpha value is -2.61. The summed E-state index contributed by atoms with van der Waals surface area (Å²) in [5, 5.41) is 5.74. The second-order valence-corrected chi connectivity index (χ2v) is 10.6. The number of nitrogens with zero attached hydrogens (tertiary/aromatic N) is 3. The van der Waals surface area contributed by atoms with Crippen LogP contribution in [-0.4, -0.2) is 73.0 Å². The van der Waals surface area contributed by atoms with Crippen molar-refractivity contribution < 1.29 is 14.4 Å². The van der Waals surface area contributed by atoms with Crippen LogP contribution in [0.2, 0.25) is 0 Å². The first-order valence-electron chi connectivity index (χ1n) is 11.5. The van der Waals surface area contributed by atoms with Crippen LogP contribution in [0.4, 0.5) is 16.2 Å². The van der Waals surface area contributed by atoms with Crippen LogP contribution in [0.3, 0.4) is 0 Å². The van der Waals surface area contributed by atoms with Gasteiger partial charge in [-0.2, -0.15) is 0 Å². The number of anilines is 2. The third-order valence-electron chi connectivity index (χ3n) is 6.95. The van der Waals surface area contributed by atoms with Crippen LogP contribution < -0.4 is 15.5 Å². The number of carbonyl (C=O) groups is 3. The lowest BCUT2D eigenvalue weighted by atomic mass is 9.64. The zero-order valence-electron chi connectivity index (χ0n) is 19.6. The van der Waals surface area contributed by atoms with Gasteiger partial charge in [0, 0.05) is 37.6 Å². The van der Waals surface area contributed by atoms with Crippen molar-refractivity contribution in [3.63, 3.8) is 0 Å². The molecular weight excluding hydrogens is 406 g/mol. The standard InChI is InChI=1S/C24H35N5O3/c1-17-13-23(2,3)16-24(14-17)21(31)29(22(32)26-24)15-20(30)25-18-5-7-19(8-6-18)28-11-9-27(4)10-12-28/h5-8,17H,9-16H2,1-4H3,(H,25,30)(H,26,32). The van der Waals surface area contributed by atoms with Crippen LogP contribution >= 0.6 is 0 Å². The van der Waals surface area contributed by atoms with E-state index in [-0.39, 0.29) is 23.8 Å². The second-order valence-electron chi connectivity index (χ2n) is 10.6. The minimum Gasteiger partial charge on any atom is -0.369 e. The molecule has 0 bridgehead atoms. The highest BCUT2D eigenvalue weighted by molar-refractivity contribution is 6.10. The molecule has 1 aliphatic carbocycles. The number of benzene rings is 1. The number of piperazine rings is 1. The highest BCUT2D eigenvalue weighted by Crippen LogP contribution is 2.46. The summed E-state index contributed by atoms with van der Waals surface area (Å²) in [6.07, 6.45) is 2.23. The molecule has 174 valence electrons. The van der Waals surface area contributed by atoms with E-state index in [0.29, 0.717) is 24.4 Å². The van der Waals surface area contributed by atoms with Gasteiger partial charge in [-0.25, -0.2) is 4.79 Å². The molecule has 4 amide bonds. The van der Waals surface area contributed by atoms with Gasteiger partial charge in [0.05, 0.1) is 0 Å². The van der Waals surface area contributed by atoms with Gasteiger partial charge in [0.25, 0.3) is 5.91 Å². The molecule has 1 saturated carbocycles. The van der Waals surface area contributed by atoms with Crippen molar-refractivity contribution in [3.8, 4) is 0 Å². The Labute approximate surface area is 190 Å². The van der Waals surface area contributed by atoms with Gasteiger partial charge in [0.15, 0.2) is 0 Å². The van der Waals surface area contributed by atoms with E-state index >= 15 is 0 Å². The molecule has 8 nitrogen and oxygen atoms in total. The molecule has 1 aromatic carbocycles. The number of rotatable bonds is 4. The van der Waals surface area contributed by atoms with E-state index in [2.05, 4.69) is 48.3 Å². The van der Waals surface area contributed by atoms with Crippen molar-refractivity contribution in [1.29, 1.82) is 0 Å². The van der Waals surface area contributed by atoms with Crippen molar-refractivity contribution in [2.75, 3.05) is 50.0 Å². The van der Waals surface area contributed by atoms with E-state index < -0.39 is 11.6 Å². The number of urea groups is 1. The highest BCUT2D eigenvalue weighted by atomic mass is 16.2. The summed E-state index contributed by atoms with van der Waals surface area (Å²) in [7, 11) is 2.12. The Kier molecular flexibility index (Phi) is 5.92. The molecule has 0 aromatic heterocycles. The normalized spacial score (nSPS) is 28.2. The van der Waals surface area contributed by atoms with E-state index in [9.17, 15) is 14.4 Å². The van der Waals surface area contributed by atoms with Crippen LogP contribution in [0.25, 0.3) is 0 Å². The molecule has 1 aromatic rings. The lowest BCUT2D eigenvalue weighted by molar-refractivity contribution is -0.136. The number of amides is 4. The maximum Gasteiger partial charge on any atom is 0.325 e. The molecule has 2 unspecified atom stereocenters. The smallest absolute Gasteiger partial charge is 0.325 e. The molecule has 3 aliphatic rings. The minimum atomic E-state index is -0.886. The Morgan fingerprint density at radius 2 is 1.75 bits per heavy atom. The Morgan fingerprint density at radius 1 is 1.09 bits per heavy atom. The van der Waals surface area contributed by atoms with Gasteiger partial charge >= 0.3 is 6.03 Å². The summed E-state index contributed by atoms with van der Waals surface area (Å²) in [6, 6.07) is 7.25. The number of imide groups is 1. The van der Waals surface area contributed by atoms with Crippen molar-refractivity contribution in [1.82, 2.24) is 15.1 Å². The van der Waals surface area contributed by atoms with Gasteiger partial charge in [0.1, 0.15) is 12.1 Å². The minimum absolute atomic E-state index is 0.0373. The Morgan fingerprint density at radius 3 is 2.38 bits per heavy atom. The third kappa shape index (κ3) is 4.60. The summed E-state index contributed by atoms with van der Waals surface area (Å²) in [4.78, 5) is 44.2. The topological polar surface area (TPSA) is 85.0 Å². The van der Waals surface area contributed by atoms with E-state index in [0.717, 1.165) is 43.2 Å². The Balaban J connectivity index is 1.37. The SMILES string of the molecule is CC1CC(C)(C)CC2(C1)NC(=O)N(CC(=O)Nc1ccc(N3CCN(C)CC3)cc1)C2=O. The Bertz CT molecular complexity index is 891. The first-order valence-corrected chi connectivity index (χ1v) is 11.5. The fraction of sp³-hybridized carbons (Fsp3) is 0.625. The van der Waals surface area contributed by atoms with Gasteiger partial charge in [-0.3, -0.25) is 14.5 Å². The monoisotopic (exact) mass is 441 g/mol. The number of likely N-dealkylation sites (N-methyl/N-ethyl adjacent to an activating group) is 1. The summed E-state index contributed by atoms with van der Waals surface area (Å²) in [6.45, 7) is 10.1. The van der Waals surface area contributed by atoms with Gasteiger partial charge in [-0.15, -0.1) is 0 Å². The molecule has 2 N–H and O–H groups in total. The summed E-state index contributed by atoms with van der Waals surface area (Å²) < 4.78 is 0. The van der Waals surface area contributed by atoms with E-state index in [1.807, 2.05) is 24.3 Å². The highest BCUT2D eigenvalue weighted by Gasteiger charge is 2.56. The lowest BCUT2D eigenvalue weighted by Crippen LogP contribution is -2.54. The molecule has 2 heterocycles. The van der Waals surface area contributed by atoms with E-state index in [4.69, 9.17) is 0 Å². The number of hydrogen-bond donors (Lipinski definition) is 2. The lowest BCUT2D eigenvalue weighted by Gasteiger charge is -2.43. The fourth-order valence-electron chi connectivity index (χ4n) is 5.81. The van der Waals surface area contributed by atoms with Crippen LogP contribution in [0.15, 0.2) is 24.3 Å². The molecule has 2 saturated heterocycles. The molecule has 4 rings (SSSR count). The predicted molar refractivity (Wildman–Crippen MR) is 125 cm³/mol. The van der Waals surface area contributed by atoms with Crippen molar-refractivity contribution in [2.45, 2.75) is 45.6 Å². The van der Waals surface area contributed by atoms with Gasteiger partial charge in [-0.1, -0.05) is 20.8 Å². The molecule has 1 spiro atoms. The van der Waals surface area contributed by atoms with E-state index in [1.165, 1.54) is 0 Å². The van der Waals surface area contributed by atoms with Crippen LogP contribution in [0, 0.1) is 11.3 Å². The average molecular weight is 442 g/mol. The molecule has 2 atom stereocenters. The third-order valence-corrected chi connectivity index (χ3v) is 6.95. The van der Waals surface area contributed by atoms with Gasteiger partial charge < -0.3 is 20.4 Å². The molecular formula is C24H35N5O3. The fourth-order valence-corrected chi connectivity index (χ4v) is 5.81. The number of hydrogen-bond acceptors (Lipinski definition) is 5. The predicted octanol–water partition coefficient (Wildman–Crippen LogP) is 2.51. The average Bonchev–Trinajstić information content (AvgIpc) is 2.91. The van der Waals surface area contributed by atoms with Crippen LogP contribution in [0.5, 0.6) is 0 Å². The number of nitrogens with one attached hydrogen (secondary N) is 2. The van der Waals surface area contributed by atoms with E-state index in [1.54, 1.807) is 0 Å². The van der Waals surface area contributed by atoms with Crippen molar-refractivity contribution in [3.05, 3.63) is 24.3 Å². The number of carbonyl (C=O) groups excluding carboxylic acids is 3. The maximum absolute atomic E-state index is 13.2. The molecule has 8 heteroatoms. The summed E-state index contributed by atoms with van der Waals surface area (Å²) >= 11 is 0. The molecule has 0 radical (unpaired) electrons.